The average molecular weight is 401 g/mol. The fourth-order valence-electron chi connectivity index (χ4n) is 2.78. The second-order valence-corrected chi connectivity index (χ2v) is 7.21. The molecule has 3 nitrogen and oxygen atoms in total. The molecule has 1 aliphatic rings. The van der Waals surface area contributed by atoms with Gasteiger partial charge in [0.2, 0.25) is 0 Å². The highest BCUT2D eigenvalue weighted by atomic mass is 127. The zero-order chi connectivity index (χ0) is 15.1. The Morgan fingerprint density at radius 2 is 1.95 bits per heavy atom. The number of nitrogens with zero attached hydrogens (tertiary/aromatic N) is 1. The number of carbonyl (C=O) groups is 1. The van der Waals surface area contributed by atoms with Gasteiger partial charge >= 0.3 is 6.09 Å². The minimum atomic E-state index is -0.171. The van der Waals surface area contributed by atoms with Crippen LogP contribution in [0.15, 0.2) is 30.3 Å². The predicted octanol–water partition coefficient (Wildman–Crippen LogP) is 4.64. The van der Waals surface area contributed by atoms with Crippen LogP contribution >= 0.6 is 22.6 Å². The SMILES string of the molecule is CC1(CCCI)CCN(C(=O)OCc2ccccc2)CC1. The molecule has 1 saturated heterocycles. The Balaban J connectivity index is 1.75. The summed E-state index contributed by atoms with van der Waals surface area (Å²) in [4.78, 5) is 14.0. The van der Waals surface area contributed by atoms with Crippen LogP contribution in [0, 0.1) is 5.41 Å². The van der Waals surface area contributed by atoms with E-state index in [1.54, 1.807) is 0 Å². The first-order chi connectivity index (χ1) is 10.1. The monoisotopic (exact) mass is 401 g/mol. The van der Waals surface area contributed by atoms with Gasteiger partial charge in [0.15, 0.2) is 0 Å². The Kier molecular flexibility index (Phi) is 6.33. The molecule has 4 heteroatoms. The van der Waals surface area contributed by atoms with Crippen molar-refractivity contribution in [2.75, 3.05) is 17.5 Å². The lowest BCUT2D eigenvalue weighted by Gasteiger charge is -2.39. The molecule has 0 N–H and O–H groups in total. The molecule has 0 radical (unpaired) electrons. The summed E-state index contributed by atoms with van der Waals surface area (Å²) in [6.45, 7) is 4.37. The standard InChI is InChI=1S/C17H24INO2/c1-17(8-5-11-18)9-12-19(13-10-17)16(20)21-14-15-6-3-2-4-7-15/h2-4,6-7H,5,8-14H2,1H3. The van der Waals surface area contributed by atoms with Crippen molar-refractivity contribution in [3.8, 4) is 0 Å². The van der Waals surface area contributed by atoms with Gasteiger partial charge in [-0.3, -0.25) is 0 Å². The predicted molar refractivity (Wildman–Crippen MR) is 93.7 cm³/mol. The van der Waals surface area contributed by atoms with Gasteiger partial charge in [0.05, 0.1) is 0 Å². The Labute approximate surface area is 141 Å². The largest absolute Gasteiger partial charge is 0.445 e. The third-order valence-electron chi connectivity index (χ3n) is 4.35. The lowest BCUT2D eigenvalue weighted by atomic mass is 9.77. The number of hydrogen-bond donors (Lipinski definition) is 0. The summed E-state index contributed by atoms with van der Waals surface area (Å²) in [6.07, 6.45) is 4.54. The van der Waals surface area contributed by atoms with Crippen LogP contribution < -0.4 is 0 Å². The number of benzene rings is 1. The van der Waals surface area contributed by atoms with Crippen LogP contribution in [-0.2, 0) is 11.3 Å². The highest BCUT2D eigenvalue weighted by Crippen LogP contribution is 2.35. The van der Waals surface area contributed by atoms with Crippen LogP contribution in [0.2, 0.25) is 0 Å². The van der Waals surface area contributed by atoms with Gasteiger partial charge in [-0.25, -0.2) is 4.79 Å². The molecular weight excluding hydrogens is 377 g/mol. The fourth-order valence-corrected chi connectivity index (χ4v) is 3.16. The van der Waals surface area contributed by atoms with Gasteiger partial charge in [0.1, 0.15) is 6.61 Å². The van der Waals surface area contributed by atoms with Crippen LogP contribution in [0.1, 0.15) is 38.2 Å². The summed E-state index contributed by atoms with van der Waals surface area (Å²) in [5.74, 6) is 0. The maximum atomic E-state index is 12.1. The van der Waals surface area contributed by atoms with Gasteiger partial charge in [-0.2, -0.15) is 0 Å². The number of amides is 1. The van der Waals surface area contributed by atoms with E-state index < -0.39 is 0 Å². The zero-order valence-corrected chi connectivity index (χ0v) is 14.8. The summed E-state index contributed by atoms with van der Waals surface area (Å²) < 4.78 is 6.62. The van der Waals surface area contributed by atoms with E-state index in [0.29, 0.717) is 12.0 Å². The first-order valence-electron chi connectivity index (χ1n) is 7.65. The number of carbonyl (C=O) groups excluding carboxylic acids is 1. The average Bonchev–Trinajstić information content (AvgIpc) is 2.52. The normalized spacial score (nSPS) is 17.5. The number of rotatable bonds is 5. The third-order valence-corrected chi connectivity index (χ3v) is 5.11. The van der Waals surface area contributed by atoms with Crippen LogP contribution in [0.25, 0.3) is 0 Å². The molecule has 0 spiro atoms. The second kappa shape index (κ2) is 8.01. The minimum Gasteiger partial charge on any atom is -0.445 e. The first kappa shape index (κ1) is 16.6. The van der Waals surface area contributed by atoms with E-state index in [1.165, 1.54) is 17.3 Å². The van der Waals surface area contributed by atoms with Gasteiger partial charge in [-0.15, -0.1) is 0 Å². The summed E-state index contributed by atoms with van der Waals surface area (Å²) >= 11 is 2.44. The Morgan fingerprint density at radius 3 is 2.57 bits per heavy atom. The highest BCUT2D eigenvalue weighted by Gasteiger charge is 2.31. The Morgan fingerprint density at radius 1 is 1.29 bits per heavy atom. The molecule has 1 fully saturated rings. The molecule has 0 aliphatic carbocycles. The van der Waals surface area contributed by atoms with E-state index in [4.69, 9.17) is 4.74 Å². The Hall–Kier alpha value is -0.780. The van der Waals surface area contributed by atoms with Gasteiger partial charge in [-0.1, -0.05) is 59.8 Å². The van der Waals surface area contributed by atoms with Crippen molar-refractivity contribution in [2.24, 2.45) is 5.41 Å². The van der Waals surface area contributed by atoms with Gasteiger partial charge in [0.25, 0.3) is 0 Å². The van der Waals surface area contributed by atoms with Crippen LogP contribution in [-0.4, -0.2) is 28.5 Å². The van der Waals surface area contributed by atoms with E-state index in [0.717, 1.165) is 31.5 Å². The third kappa shape index (κ3) is 5.16. The molecule has 1 aromatic rings. The van der Waals surface area contributed by atoms with E-state index >= 15 is 0 Å². The summed E-state index contributed by atoms with van der Waals surface area (Å²) in [7, 11) is 0. The summed E-state index contributed by atoms with van der Waals surface area (Å²) in [6, 6.07) is 9.84. The highest BCUT2D eigenvalue weighted by molar-refractivity contribution is 14.1. The van der Waals surface area contributed by atoms with Crippen molar-refractivity contribution in [3.05, 3.63) is 35.9 Å². The number of piperidine rings is 1. The number of likely N-dealkylation sites (tertiary alicyclic amines) is 1. The molecule has 0 bridgehead atoms. The Bertz CT molecular complexity index is 441. The molecule has 116 valence electrons. The molecule has 1 heterocycles. The summed E-state index contributed by atoms with van der Waals surface area (Å²) in [5.41, 5.74) is 1.44. The first-order valence-corrected chi connectivity index (χ1v) is 9.17. The van der Waals surface area contributed by atoms with E-state index in [1.807, 2.05) is 35.2 Å². The van der Waals surface area contributed by atoms with Gasteiger partial charge < -0.3 is 9.64 Å². The van der Waals surface area contributed by atoms with Crippen LogP contribution in [0.4, 0.5) is 4.79 Å². The molecular formula is C17H24INO2. The van der Waals surface area contributed by atoms with Crippen molar-refractivity contribution in [1.82, 2.24) is 4.90 Å². The van der Waals surface area contributed by atoms with E-state index in [2.05, 4.69) is 29.5 Å². The van der Waals surface area contributed by atoms with Crippen molar-refractivity contribution in [1.29, 1.82) is 0 Å². The minimum absolute atomic E-state index is 0.171. The fraction of sp³-hybridized carbons (Fsp3) is 0.588. The van der Waals surface area contributed by atoms with E-state index in [-0.39, 0.29) is 6.09 Å². The van der Waals surface area contributed by atoms with Crippen molar-refractivity contribution in [3.63, 3.8) is 0 Å². The number of halogens is 1. The van der Waals surface area contributed by atoms with E-state index in [9.17, 15) is 4.79 Å². The molecule has 2 rings (SSSR count). The molecule has 0 unspecified atom stereocenters. The van der Waals surface area contributed by atoms with Crippen LogP contribution in [0.5, 0.6) is 0 Å². The lowest BCUT2D eigenvalue weighted by Crippen LogP contribution is -2.42. The quantitative estimate of drug-likeness (QED) is 0.532. The molecule has 0 saturated carbocycles. The van der Waals surface area contributed by atoms with Crippen molar-refractivity contribution in [2.45, 2.75) is 39.2 Å². The molecule has 1 amide bonds. The molecule has 0 aromatic heterocycles. The molecule has 1 aromatic carbocycles. The molecule has 0 atom stereocenters. The summed E-state index contributed by atoms with van der Waals surface area (Å²) in [5, 5.41) is 0. The topological polar surface area (TPSA) is 29.5 Å². The smallest absolute Gasteiger partial charge is 0.410 e. The van der Waals surface area contributed by atoms with Crippen LogP contribution in [0.3, 0.4) is 0 Å². The van der Waals surface area contributed by atoms with Gasteiger partial charge in [0, 0.05) is 13.1 Å². The van der Waals surface area contributed by atoms with Crippen molar-refractivity contribution < 1.29 is 9.53 Å². The maximum Gasteiger partial charge on any atom is 0.410 e. The number of hydrogen-bond acceptors (Lipinski definition) is 2. The number of alkyl halides is 1. The molecule has 1 aliphatic heterocycles. The van der Waals surface area contributed by atoms with Gasteiger partial charge in [-0.05, 0) is 41.1 Å². The number of ether oxygens (including phenoxy) is 1. The molecule has 21 heavy (non-hydrogen) atoms. The lowest BCUT2D eigenvalue weighted by molar-refractivity contribution is 0.0637. The zero-order valence-electron chi connectivity index (χ0n) is 12.7. The second-order valence-electron chi connectivity index (χ2n) is 6.13. The van der Waals surface area contributed by atoms with Crippen molar-refractivity contribution >= 4 is 28.7 Å². The maximum absolute atomic E-state index is 12.1.